The van der Waals surface area contributed by atoms with E-state index in [9.17, 15) is 9.59 Å². The number of nitrogens with one attached hydrogen (secondary N) is 1. The number of hydrogen-bond acceptors (Lipinski definition) is 4. The predicted molar refractivity (Wildman–Crippen MR) is 90.1 cm³/mol. The highest BCUT2D eigenvalue weighted by Crippen LogP contribution is 2.16. The summed E-state index contributed by atoms with van der Waals surface area (Å²) in [7, 11) is 1.82. The van der Waals surface area contributed by atoms with Gasteiger partial charge in [-0.05, 0) is 24.7 Å². The number of rotatable bonds is 8. The number of aromatic nitrogens is 1. The molecule has 6 nitrogen and oxygen atoms in total. The van der Waals surface area contributed by atoms with Crippen LogP contribution in [0.1, 0.15) is 23.7 Å². The number of carbonyl (C=O) groups is 2. The van der Waals surface area contributed by atoms with Gasteiger partial charge in [-0.2, -0.15) is 0 Å². The first kappa shape index (κ1) is 17.6. The van der Waals surface area contributed by atoms with E-state index in [1.54, 1.807) is 6.20 Å². The molecule has 0 bridgehead atoms. The number of carboxylic acids is 1. The van der Waals surface area contributed by atoms with Crippen molar-refractivity contribution in [2.45, 2.75) is 19.0 Å². The topological polar surface area (TPSA) is 82.5 Å². The summed E-state index contributed by atoms with van der Waals surface area (Å²) in [6, 6.07) is 14.2. The van der Waals surface area contributed by atoms with E-state index < -0.39 is 12.0 Å². The van der Waals surface area contributed by atoms with E-state index >= 15 is 0 Å². The molecule has 2 aromatic rings. The third kappa shape index (κ3) is 5.81. The maximum absolute atomic E-state index is 12.2. The van der Waals surface area contributed by atoms with Crippen molar-refractivity contribution in [1.29, 1.82) is 0 Å². The number of nitrogens with zero attached hydrogens (tertiary/aromatic N) is 2. The number of carboxylic acid groups (broad SMARTS) is 1. The molecule has 2 rings (SSSR count). The van der Waals surface area contributed by atoms with Crippen molar-refractivity contribution < 1.29 is 14.7 Å². The average molecular weight is 327 g/mol. The molecule has 0 aliphatic heterocycles. The van der Waals surface area contributed by atoms with Crippen LogP contribution in [-0.4, -0.2) is 40.5 Å². The molecule has 24 heavy (non-hydrogen) atoms. The minimum absolute atomic E-state index is 0.153. The van der Waals surface area contributed by atoms with Crippen LogP contribution >= 0.6 is 0 Å². The first-order valence-electron chi connectivity index (χ1n) is 7.69. The van der Waals surface area contributed by atoms with Crippen molar-refractivity contribution in [2.24, 2.45) is 0 Å². The molecule has 0 aliphatic carbocycles. The average Bonchev–Trinajstić information content (AvgIpc) is 2.55. The van der Waals surface area contributed by atoms with Gasteiger partial charge in [0.15, 0.2) is 0 Å². The molecule has 1 heterocycles. The van der Waals surface area contributed by atoms with Gasteiger partial charge < -0.3 is 10.4 Å². The Balaban J connectivity index is 1.93. The number of likely N-dealkylation sites (N-methyl/N-ethyl adjacent to an activating group) is 1. The molecule has 0 spiro atoms. The molecule has 1 atom stereocenters. The summed E-state index contributed by atoms with van der Waals surface area (Å²) in [6.45, 7) is 0.711. The number of aliphatic carboxylic acids is 1. The molecule has 6 heteroatoms. The van der Waals surface area contributed by atoms with Crippen LogP contribution in [0.2, 0.25) is 0 Å². The summed E-state index contributed by atoms with van der Waals surface area (Å²) < 4.78 is 0. The van der Waals surface area contributed by atoms with E-state index in [1.807, 2.05) is 60.5 Å². The predicted octanol–water partition coefficient (Wildman–Crippen LogP) is 1.85. The van der Waals surface area contributed by atoms with E-state index in [0.29, 0.717) is 6.54 Å². The van der Waals surface area contributed by atoms with E-state index in [2.05, 4.69) is 10.3 Å². The highest BCUT2D eigenvalue weighted by atomic mass is 16.4. The van der Waals surface area contributed by atoms with E-state index in [1.165, 1.54) is 0 Å². The first-order valence-corrected chi connectivity index (χ1v) is 7.69. The van der Waals surface area contributed by atoms with E-state index in [4.69, 9.17) is 5.11 Å². The van der Waals surface area contributed by atoms with Gasteiger partial charge in [0.25, 0.3) is 0 Å². The van der Waals surface area contributed by atoms with Crippen molar-refractivity contribution in [3.63, 3.8) is 0 Å². The second kappa shape index (κ2) is 8.79. The maximum Gasteiger partial charge on any atom is 0.305 e. The summed E-state index contributed by atoms with van der Waals surface area (Å²) in [6.07, 6.45) is 1.56. The molecule has 2 N–H and O–H groups in total. The fraction of sp³-hybridized carbons (Fsp3) is 0.278. The monoisotopic (exact) mass is 327 g/mol. The molecule has 0 unspecified atom stereocenters. The second-order valence-electron chi connectivity index (χ2n) is 5.62. The second-order valence-corrected chi connectivity index (χ2v) is 5.62. The zero-order valence-corrected chi connectivity index (χ0v) is 13.6. The fourth-order valence-corrected chi connectivity index (χ4v) is 2.42. The third-order valence-corrected chi connectivity index (χ3v) is 3.49. The highest BCUT2D eigenvalue weighted by Gasteiger charge is 2.18. The molecule has 1 aromatic heterocycles. The van der Waals surface area contributed by atoms with Crippen molar-refractivity contribution in [3.8, 4) is 0 Å². The Bertz CT molecular complexity index is 662. The smallest absolute Gasteiger partial charge is 0.305 e. The van der Waals surface area contributed by atoms with Crippen LogP contribution in [-0.2, 0) is 16.1 Å². The number of carbonyl (C=O) groups excluding carboxylic acids is 1. The van der Waals surface area contributed by atoms with Crippen molar-refractivity contribution >= 4 is 11.9 Å². The van der Waals surface area contributed by atoms with Gasteiger partial charge in [0, 0.05) is 12.7 Å². The number of pyridine rings is 1. The lowest BCUT2D eigenvalue weighted by molar-refractivity contribution is -0.137. The summed E-state index contributed by atoms with van der Waals surface area (Å²) in [5.74, 6) is -1.17. The van der Waals surface area contributed by atoms with Gasteiger partial charge in [0.05, 0.1) is 24.7 Å². The third-order valence-electron chi connectivity index (χ3n) is 3.49. The maximum atomic E-state index is 12.2. The Morgan fingerprint density at radius 1 is 1.17 bits per heavy atom. The quantitative estimate of drug-likeness (QED) is 0.773. The standard InChI is InChI=1S/C18H21N3O3/c1-21(12-15-9-5-6-10-19-15)13-17(22)20-16(11-18(23)24)14-7-3-2-4-8-14/h2-10,16H,11-13H2,1H3,(H,20,22)(H,23,24)/t16-/m1/s1. The molecule has 0 aliphatic rings. The minimum atomic E-state index is -0.953. The lowest BCUT2D eigenvalue weighted by Gasteiger charge is -2.20. The van der Waals surface area contributed by atoms with Gasteiger partial charge in [-0.15, -0.1) is 0 Å². The van der Waals surface area contributed by atoms with E-state index in [-0.39, 0.29) is 18.9 Å². The highest BCUT2D eigenvalue weighted by molar-refractivity contribution is 5.79. The van der Waals surface area contributed by atoms with Crippen LogP contribution in [0.3, 0.4) is 0 Å². The summed E-state index contributed by atoms with van der Waals surface area (Å²) in [5.41, 5.74) is 1.65. The van der Waals surface area contributed by atoms with Gasteiger partial charge in [-0.1, -0.05) is 36.4 Å². The van der Waals surface area contributed by atoms with Crippen LogP contribution in [0.15, 0.2) is 54.7 Å². The van der Waals surface area contributed by atoms with Crippen molar-refractivity contribution in [2.75, 3.05) is 13.6 Å². The number of benzene rings is 1. The zero-order valence-electron chi connectivity index (χ0n) is 13.6. The molecule has 126 valence electrons. The lowest BCUT2D eigenvalue weighted by Crippen LogP contribution is -2.37. The van der Waals surface area contributed by atoms with Crippen molar-refractivity contribution in [3.05, 3.63) is 66.0 Å². The van der Waals surface area contributed by atoms with Crippen LogP contribution in [0.4, 0.5) is 0 Å². The lowest BCUT2D eigenvalue weighted by atomic mass is 10.0. The number of amides is 1. The van der Waals surface area contributed by atoms with Crippen molar-refractivity contribution in [1.82, 2.24) is 15.2 Å². The molecule has 1 aromatic carbocycles. The molecule has 0 saturated heterocycles. The molecule has 1 amide bonds. The minimum Gasteiger partial charge on any atom is -0.481 e. The normalized spacial score (nSPS) is 11.9. The van der Waals surface area contributed by atoms with Gasteiger partial charge in [-0.25, -0.2) is 0 Å². The molecule has 0 fully saturated rings. The molecule has 0 radical (unpaired) electrons. The Morgan fingerprint density at radius 2 is 1.88 bits per heavy atom. The van der Waals surface area contributed by atoms with Crippen LogP contribution < -0.4 is 5.32 Å². The van der Waals surface area contributed by atoms with Crippen LogP contribution in [0.5, 0.6) is 0 Å². The van der Waals surface area contributed by atoms with E-state index in [0.717, 1.165) is 11.3 Å². The first-order chi connectivity index (χ1) is 11.5. The fourth-order valence-electron chi connectivity index (χ4n) is 2.42. The van der Waals surface area contributed by atoms with Crippen LogP contribution in [0, 0.1) is 0 Å². The van der Waals surface area contributed by atoms with Crippen LogP contribution in [0.25, 0.3) is 0 Å². The van der Waals surface area contributed by atoms with Gasteiger partial charge in [0.1, 0.15) is 0 Å². The molecule has 0 saturated carbocycles. The SMILES string of the molecule is CN(CC(=O)N[C@H](CC(=O)O)c1ccccc1)Cc1ccccn1. The molecular formula is C18H21N3O3. The Hall–Kier alpha value is -2.73. The molecular weight excluding hydrogens is 306 g/mol. The van der Waals surface area contributed by atoms with Gasteiger partial charge in [-0.3, -0.25) is 19.5 Å². The number of hydrogen-bond donors (Lipinski definition) is 2. The Labute approximate surface area is 141 Å². The van der Waals surface area contributed by atoms with Gasteiger partial charge in [0.2, 0.25) is 5.91 Å². The summed E-state index contributed by atoms with van der Waals surface area (Å²) in [4.78, 5) is 29.4. The Kier molecular flexibility index (Phi) is 6.45. The van der Waals surface area contributed by atoms with Gasteiger partial charge >= 0.3 is 5.97 Å². The summed E-state index contributed by atoms with van der Waals surface area (Å²) >= 11 is 0. The largest absolute Gasteiger partial charge is 0.481 e. The zero-order chi connectivity index (χ0) is 17.4. The Morgan fingerprint density at radius 3 is 2.50 bits per heavy atom. The summed E-state index contributed by atoms with van der Waals surface area (Å²) in [5, 5.41) is 11.9.